The fourth-order valence-electron chi connectivity index (χ4n) is 2.94. The second-order valence-corrected chi connectivity index (χ2v) is 7.27. The molecule has 0 saturated carbocycles. The summed E-state index contributed by atoms with van der Waals surface area (Å²) in [6, 6.07) is 6.48. The first-order valence-corrected chi connectivity index (χ1v) is 10.6. The van der Waals surface area contributed by atoms with Gasteiger partial charge >= 0.3 is 11.4 Å². The Morgan fingerprint density at radius 3 is 1.33 bits per heavy atom. The average molecular weight is 502 g/mol. The van der Waals surface area contributed by atoms with Gasteiger partial charge < -0.3 is 0 Å². The van der Waals surface area contributed by atoms with Gasteiger partial charge in [-0.1, -0.05) is 12.8 Å². The number of hydrogen-bond donors (Lipinski definition) is 2. The summed E-state index contributed by atoms with van der Waals surface area (Å²) in [6.07, 6.45) is 7.77. The van der Waals surface area contributed by atoms with Crippen LogP contribution in [0.5, 0.6) is 0 Å². The van der Waals surface area contributed by atoms with Crippen molar-refractivity contribution in [2.75, 3.05) is 10.9 Å². The highest BCUT2D eigenvalue weighted by molar-refractivity contribution is 5.68. The third-order valence-corrected chi connectivity index (χ3v) is 4.75. The number of unbranched alkanes of at least 4 members (excludes halogenated alkanes) is 5. The van der Waals surface area contributed by atoms with Gasteiger partial charge in [0.15, 0.2) is 0 Å². The van der Waals surface area contributed by atoms with Crippen LogP contribution in [0, 0.1) is 40.5 Å². The number of nitro benzene ring substituents is 4. The number of nitrogens with zero attached hydrogens (tertiary/aromatic N) is 6. The Bertz CT molecular complexity index is 1090. The Labute approximate surface area is 203 Å². The van der Waals surface area contributed by atoms with E-state index < -0.39 is 31.1 Å². The highest BCUT2D eigenvalue weighted by Gasteiger charge is 2.20. The van der Waals surface area contributed by atoms with E-state index in [1.54, 1.807) is 12.4 Å². The molecule has 2 N–H and O–H groups in total. The summed E-state index contributed by atoms with van der Waals surface area (Å²) in [7, 11) is 0. The second kappa shape index (κ2) is 13.6. The van der Waals surface area contributed by atoms with Gasteiger partial charge in [-0.05, 0) is 37.8 Å². The van der Waals surface area contributed by atoms with Gasteiger partial charge in [-0.2, -0.15) is 10.2 Å². The molecule has 0 aromatic heterocycles. The van der Waals surface area contributed by atoms with Gasteiger partial charge in [-0.15, -0.1) is 0 Å². The van der Waals surface area contributed by atoms with Crippen molar-refractivity contribution in [3.8, 4) is 0 Å². The van der Waals surface area contributed by atoms with Crippen LogP contribution in [0.3, 0.4) is 0 Å². The number of anilines is 2. The molecule has 2 aromatic rings. The first kappa shape index (κ1) is 27.2. The van der Waals surface area contributed by atoms with Crippen molar-refractivity contribution in [3.63, 3.8) is 0 Å². The number of non-ortho nitro benzene ring substituents is 2. The molecule has 36 heavy (non-hydrogen) atoms. The molecule has 0 radical (unpaired) electrons. The predicted octanol–water partition coefficient (Wildman–Crippen LogP) is 5.16. The first-order valence-electron chi connectivity index (χ1n) is 10.6. The fraction of sp³-hybridized carbons (Fsp3) is 0.300. The Kier molecular flexibility index (Phi) is 10.3. The van der Waals surface area contributed by atoms with Crippen molar-refractivity contribution < 1.29 is 19.7 Å². The molecular formula is C20H22N8O8. The van der Waals surface area contributed by atoms with Gasteiger partial charge in [0.25, 0.3) is 11.4 Å². The number of hydrazone groups is 2. The smallest absolute Gasteiger partial charge is 0.272 e. The highest BCUT2D eigenvalue weighted by Crippen LogP contribution is 2.29. The van der Waals surface area contributed by atoms with Crippen LogP contribution in [0.1, 0.15) is 38.5 Å². The van der Waals surface area contributed by atoms with Gasteiger partial charge in [-0.3, -0.25) is 51.3 Å². The zero-order chi connectivity index (χ0) is 26.5. The average Bonchev–Trinajstić information content (AvgIpc) is 2.84. The number of nitro groups is 4. The topological polar surface area (TPSA) is 221 Å². The van der Waals surface area contributed by atoms with E-state index in [1.165, 1.54) is 12.1 Å². The molecule has 0 fully saturated rings. The minimum atomic E-state index is -0.725. The van der Waals surface area contributed by atoms with Crippen LogP contribution in [0.25, 0.3) is 0 Å². The molecule has 2 aromatic carbocycles. The van der Waals surface area contributed by atoms with Gasteiger partial charge in [-0.25, -0.2) is 0 Å². The fourth-order valence-corrected chi connectivity index (χ4v) is 2.94. The van der Waals surface area contributed by atoms with E-state index in [1.807, 2.05) is 0 Å². The number of rotatable bonds is 15. The van der Waals surface area contributed by atoms with Crippen LogP contribution in [0.2, 0.25) is 0 Å². The Morgan fingerprint density at radius 1 is 0.611 bits per heavy atom. The maximum atomic E-state index is 11.1. The lowest BCUT2D eigenvalue weighted by Crippen LogP contribution is -1.98. The predicted molar refractivity (Wildman–Crippen MR) is 131 cm³/mol. The summed E-state index contributed by atoms with van der Waals surface area (Å²) in [4.78, 5) is 40.8. The molecule has 0 bridgehead atoms. The molecule has 0 atom stereocenters. The summed E-state index contributed by atoms with van der Waals surface area (Å²) in [5, 5.41) is 51.5. The van der Waals surface area contributed by atoms with Crippen molar-refractivity contribution in [3.05, 3.63) is 76.9 Å². The summed E-state index contributed by atoms with van der Waals surface area (Å²) in [5.41, 5.74) is 3.49. The van der Waals surface area contributed by atoms with Crippen LogP contribution in [0.4, 0.5) is 34.1 Å². The van der Waals surface area contributed by atoms with Crippen molar-refractivity contribution >= 4 is 46.6 Å². The summed E-state index contributed by atoms with van der Waals surface area (Å²) in [6.45, 7) is 0. The lowest BCUT2D eigenvalue weighted by Gasteiger charge is -2.02. The maximum absolute atomic E-state index is 11.1. The monoisotopic (exact) mass is 502 g/mol. The zero-order valence-corrected chi connectivity index (χ0v) is 18.8. The Hall–Kier alpha value is -5.02. The van der Waals surface area contributed by atoms with E-state index in [9.17, 15) is 40.5 Å². The van der Waals surface area contributed by atoms with E-state index in [0.29, 0.717) is 12.8 Å². The van der Waals surface area contributed by atoms with Crippen molar-refractivity contribution in [2.45, 2.75) is 38.5 Å². The normalized spacial score (nSPS) is 11.0. The lowest BCUT2D eigenvalue weighted by molar-refractivity contribution is -0.393. The number of hydrogen-bond acceptors (Lipinski definition) is 12. The molecule has 0 spiro atoms. The van der Waals surface area contributed by atoms with Crippen molar-refractivity contribution in [1.29, 1.82) is 0 Å². The molecule has 0 aliphatic heterocycles. The van der Waals surface area contributed by atoms with Crippen LogP contribution >= 0.6 is 0 Å². The minimum Gasteiger partial charge on any atom is -0.272 e. The van der Waals surface area contributed by atoms with Crippen molar-refractivity contribution in [2.24, 2.45) is 10.2 Å². The van der Waals surface area contributed by atoms with E-state index >= 15 is 0 Å². The van der Waals surface area contributed by atoms with E-state index in [2.05, 4.69) is 21.1 Å². The standard InChI is InChI=1S/C20H22N8O8/c29-25(30)15-7-9-17(19(13-15)27(33)34)23-21-11-5-3-1-2-4-6-12-22-24-18-10-8-16(26(31)32)14-20(18)28(35)36/h7-14,23-24H,1-6H2. The molecule has 0 amide bonds. The molecule has 2 rings (SSSR count). The maximum Gasteiger partial charge on any atom is 0.301 e. The molecule has 190 valence electrons. The van der Waals surface area contributed by atoms with Crippen LogP contribution in [0.15, 0.2) is 46.6 Å². The SMILES string of the molecule is O=[N+]([O-])c1ccc(NN=CCCCCCCC=NNc2ccc([N+](=O)[O-])cc2[N+](=O)[O-])c([N+](=O)[O-])c1. The summed E-state index contributed by atoms with van der Waals surface area (Å²) < 4.78 is 0. The molecule has 0 unspecified atom stereocenters. The third-order valence-electron chi connectivity index (χ3n) is 4.75. The number of nitrogens with one attached hydrogen (secondary N) is 2. The molecule has 0 aliphatic rings. The van der Waals surface area contributed by atoms with E-state index in [0.717, 1.165) is 49.9 Å². The molecule has 16 nitrogen and oxygen atoms in total. The van der Waals surface area contributed by atoms with Crippen LogP contribution < -0.4 is 10.9 Å². The first-order chi connectivity index (χ1) is 17.2. The Balaban J connectivity index is 1.66. The van der Waals surface area contributed by atoms with Crippen LogP contribution in [-0.2, 0) is 0 Å². The van der Waals surface area contributed by atoms with E-state index in [-0.39, 0.29) is 22.7 Å². The minimum absolute atomic E-state index is 0.0498. The third kappa shape index (κ3) is 8.40. The van der Waals surface area contributed by atoms with E-state index in [4.69, 9.17) is 0 Å². The quantitative estimate of drug-likeness (QED) is 0.141. The van der Waals surface area contributed by atoms with Gasteiger partial charge in [0.1, 0.15) is 11.4 Å². The largest absolute Gasteiger partial charge is 0.301 e. The summed E-state index contributed by atoms with van der Waals surface area (Å²) >= 11 is 0. The second-order valence-electron chi connectivity index (χ2n) is 7.27. The lowest BCUT2D eigenvalue weighted by atomic mass is 10.1. The van der Waals surface area contributed by atoms with Gasteiger partial charge in [0.2, 0.25) is 0 Å². The molecule has 0 heterocycles. The Morgan fingerprint density at radius 2 is 1.00 bits per heavy atom. The molecular weight excluding hydrogens is 480 g/mol. The number of benzene rings is 2. The highest BCUT2D eigenvalue weighted by atomic mass is 16.6. The van der Waals surface area contributed by atoms with Crippen LogP contribution in [-0.4, -0.2) is 32.1 Å². The zero-order valence-electron chi connectivity index (χ0n) is 18.8. The van der Waals surface area contributed by atoms with Gasteiger partial charge in [0.05, 0.1) is 31.8 Å². The van der Waals surface area contributed by atoms with Crippen molar-refractivity contribution in [1.82, 2.24) is 0 Å². The summed E-state index contributed by atoms with van der Waals surface area (Å²) in [5.74, 6) is 0. The molecule has 0 aliphatic carbocycles. The van der Waals surface area contributed by atoms with Gasteiger partial charge in [0, 0.05) is 24.6 Å². The molecule has 16 heteroatoms. The molecule has 0 saturated heterocycles.